The second-order valence-corrected chi connectivity index (χ2v) is 4.70. The van der Waals surface area contributed by atoms with E-state index < -0.39 is 5.97 Å². The van der Waals surface area contributed by atoms with Crippen molar-refractivity contribution >= 4 is 23.3 Å². The zero-order valence-electron chi connectivity index (χ0n) is 12.2. The summed E-state index contributed by atoms with van der Waals surface area (Å²) >= 11 is 0. The summed E-state index contributed by atoms with van der Waals surface area (Å²) < 4.78 is 5.11. The van der Waals surface area contributed by atoms with Crippen molar-refractivity contribution in [1.29, 1.82) is 0 Å². The number of unbranched alkanes of at least 4 members (excludes halogenated alkanes) is 1. The van der Waals surface area contributed by atoms with Gasteiger partial charge in [0.2, 0.25) is 0 Å². The summed E-state index contributed by atoms with van der Waals surface area (Å²) in [6, 6.07) is 7.05. The van der Waals surface area contributed by atoms with Gasteiger partial charge < -0.3 is 20.5 Å². The molecule has 1 rings (SSSR count). The minimum Gasteiger partial charge on any atom is -0.481 e. The van der Waals surface area contributed by atoms with Crippen LogP contribution in [0.4, 0.5) is 11.4 Å². The summed E-state index contributed by atoms with van der Waals surface area (Å²) in [6.45, 7) is 2.58. The molecule has 116 valence electrons. The molecule has 1 aromatic carbocycles. The molecule has 0 saturated carbocycles. The zero-order valence-corrected chi connectivity index (χ0v) is 12.2. The Morgan fingerprint density at radius 3 is 2.67 bits per heavy atom. The fourth-order valence-corrected chi connectivity index (χ4v) is 1.82. The Morgan fingerprint density at radius 2 is 2.05 bits per heavy atom. The van der Waals surface area contributed by atoms with E-state index in [2.05, 4.69) is 0 Å². The molecule has 0 amide bonds. The normalized spacial score (nSPS) is 10.1. The molecule has 0 spiro atoms. The molecule has 0 aliphatic heterocycles. The number of hydrogen-bond acceptors (Lipinski definition) is 5. The van der Waals surface area contributed by atoms with Crippen molar-refractivity contribution in [3.63, 3.8) is 0 Å². The minimum absolute atomic E-state index is 0.00872. The summed E-state index contributed by atoms with van der Waals surface area (Å²) in [4.78, 5) is 24.2. The molecule has 0 aliphatic carbocycles. The Balaban J connectivity index is 2.71. The predicted molar refractivity (Wildman–Crippen MR) is 81.2 cm³/mol. The third kappa shape index (κ3) is 6.16. The van der Waals surface area contributed by atoms with Gasteiger partial charge in [-0.15, -0.1) is 0 Å². The van der Waals surface area contributed by atoms with Gasteiger partial charge in [-0.3, -0.25) is 9.59 Å². The number of aliphatic carboxylic acids is 1. The van der Waals surface area contributed by atoms with Crippen LogP contribution in [0.1, 0.15) is 26.2 Å². The average molecular weight is 294 g/mol. The quantitative estimate of drug-likeness (QED) is 0.410. The molecule has 0 heterocycles. The highest BCUT2D eigenvalue weighted by Crippen LogP contribution is 2.22. The van der Waals surface area contributed by atoms with Gasteiger partial charge in [0, 0.05) is 6.54 Å². The Kier molecular flexibility index (Phi) is 7.08. The monoisotopic (exact) mass is 294 g/mol. The highest BCUT2D eigenvalue weighted by atomic mass is 16.5. The van der Waals surface area contributed by atoms with Crippen LogP contribution < -0.4 is 10.6 Å². The molecular formula is C15H22N2O4. The van der Waals surface area contributed by atoms with Gasteiger partial charge in [-0.2, -0.15) is 0 Å². The van der Waals surface area contributed by atoms with Crippen molar-refractivity contribution in [3.8, 4) is 0 Å². The van der Waals surface area contributed by atoms with Gasteiger partial charge in [0.05, 0.1) is 24.4 Å². The molecule has 0 saturated heterocycles. The first-order valence-electron chi connectivity index (χ1n) is 7.01. The number of nitrogens with two attached hydrogens (primary N) is 1. The SMILES string of the molecule is CCCCOC(=O)CN(CCC(=O)O)c1ccccc1N. The first-order chi connectivity index (χ1) is 10.0. The molecule has 0 fully saturated rings. The van der Waals surface area contributed by atoms with Crippen LogP contribution in [0.2, 0.25) is 0 Å². The molecule has 6 heteroatoms. The largest absolute Gasteiger partial charge is 0.481 e. The Bertz CT molecular complexity index is 476. The standard InChI is InChI=1S/C15H22N2O4/c1-2-3-10-21-15(20)11-17(9-8-14(18)19)13-7-5-4-6-12(13)16/h4-7H,2-3,8-11,16H2,1H3,(H,18,19). The van der Waals surface area contributed by atoms with Gasteiger partial charge in [-0.1, -0.05) is 25.5 Å². The lowest BCUT2D eigenvalue weighted by Gasteiger charge is -2.24. The van der Waals surface area contributed by atoms with E-state index in [1.54, 1.807) is 29.2 Å². The van der Waals surface area contributed by atoms with Crippen molar-refractivity contribution in [1.82, 2.24) is 0 Å². The minimum atomic E-state index is -0.922. The second kappa shape index (κ2) is 8.84. The van der Waals surface area contributed by atoms with E-state index in [-0.39, 0.29) is 25.5 Å². The third-order valence-corrected chi connectivity index (χ3v) is 2.95. The maximum atomic E-state index is 11.8. The van der Waals surface area contributed by atoms with Gasteiger partial charge in [0.1, 0.15) is 6.54 Å². The number of carboxylic acid groups (broad SMARTS) is 1. The van der Waals surface area contributed by atoms with E-state index in [9.17, 15) is 9.59 Å². The number of ether oxygens (including phenoxy) is 1. The van der Waals surface area contributed by atoms with Gasteiger partial charge in [-0.25, -0.2) is 0 Å². The number of anilines is 2. The average Bonchev–Trinajstić information content (AvgIpc) is 2.44. The molecule has 21 heavy (non-hydrogen) atoms. The number of para-hydroxylation sites is 2. The van der Waals surface area contributed by atoms with Crippen molar-refractivity contribution in [3.05, 3.63) is 24.3 Å². The Hall–Kier alpha value is -2.24. The van der Waals surface area contributed by atoms with Gasteiger partial charge in [0.15, 0.2) is 0 Å². The number of hydrogen-bond donors (Lipinski definition) is 2. The number of carbonyl (C=O) groups excluding carboxylic acids is 1. The highest BCUT2D eigenvalue weighted by Gasteiger charge is 2.15. The van der Waals surface area contributed by atoms with Crippen LogP contribution in [0, 0.1) is 0 Å². The van der Waals surface area contributed by atoms with E-state index >= 15 is 0 Å². The summed E-state index contributed by atoms with van der Waals surface area (Å²) in [7, 11) is 0. The molecule has 0 aromatic heterocycles. The van der Waals surface area contributed by atoms with E-state index in [0.29, 0.717) is 18.0 Å². The summed E-state index contributed by atoms with van der Waals surface area (Å²) in [6.07, 6.45) is 1.69. The summed E-state index contributed by atoms with van der Waals surface area (Å²) in [5.41, 5.74) is 7.03. The fraction of sp³-hybridized carbons (Fsp3) is 0.467. The Labute approximate surface area is 124 Å². The second-order valence-electron chi connectivity index (χ2n) is 4.70. The number of esters is 1. The van der Waals surface area contributed by atoms with E-state index in [0.717, 1.165) is 12.8 Å². The van der Waals surface area contributed by atoms with Crippen LogP contribution in [0.5, 0.6) is 0 Å². The van der Waals surface area contributed by atoms with E-state index in [4.69, 9.17) is 15.6 Å². The maximum absolute atomic E-state index is 11.8. The van der Waals surface area contributed by atoms with Gasteiger partial charge >= 0.3 is 11.9 Å². The fourth-order valence-electron chi connectivity index (χ4n) is 1.82. The molecule has 1 aromatic rings. The maximum Gasteiger partial charge on any atom is 0.325 e. The summed E-state index contributed by atoms with van der Waals surface area (Å²) in [5, 5.41) is 8.81. The molecule has 6 nitrogen and oxygen atoms in total. The number of benzene rings is 1. The van der Waals surface area contributed by atoms with Crippen molar-refractivity contribution in [2.24, 2.45) is 0 Å². The molecule has 0 atom stereocenters. The highest BCUT2D eigenvalue weighted by molar-refractivity contribution is 5.79. The number of nitrogens with zero attached hydrogens (tertiary/aromatic N) is 1. The number of carbonyl (C=O) groups is 2. The van der Waals surface area contributed by atoms with Crippen LogP contribution in [-0.2, 0) is 14.3 Å². The first-order valence-corrected chi connectivity index (χ1v) is 7.01. The smallest absolute Gasteiger partial charge is 0.325 e. The number of nitrogen functional groups attached to an aromatic ring is 1. The lowest BCUT2D eigenvalue weighted by atomic mass is 10.2. The molecule has 0 radical (unpaired) electrons. The van der Waals surface area contributed by atoms with Crippen LogP contribution in [0.25, 0.3) is 0 Å². The van der Waals surface area contributed by atoms with Crippen LogP contribution in [0.15, 0.2) is 24.3 Å². The molecule has 3 N–H and O–H groups in total. The predicted octanol–water partition coefficient (Wildman–Crippen LogP) is 1.89. The lowest BCUT2D eigenvalue weighted by Crippen LogP contribution is -2.33. The van der Waals surface area contributed by atoms with Crippen LogP contribution in [-0.4, -0.2) is 36.7 Å². The number of rotatable bonds is 9. The van der Waals surface area contributed by atoms with E-state index in [1.807, 2.05) is 6.92 Å². The first kappa shape index (κ1) is 16.8. The van der Waals surface area contributed by atoms with Crippen molar-refractivity contribution < 1.29 is 19.4 Å². The molecule has 0 bridgehead atoms. The van der Waals surface area contributed by atoms with Crippen molar-refractivity contribution in [2.45, 2.75) is 26.2 Å². The molecule has 0 aliphatic rings. The Morgan fingerprint density at radius 1 is 1.33 bits per heavy atom. The van der Waals surface area contributed by atoms with Gasteiger partial charge in [-0.05, 0) is 18.6 Å². The zero-order chi connectivity index (χ0) is 15.7. The third-order valence-electron chi connectivity index (χ3n) is 2.95. The lowest BCUT2D eigenvalue weighted by molar-refractivity contribution is -0.142. The number of carboxylic acids is 1. The summed E-state index contributed by atoms with van der Waals surface area (Å²) in [5.74, 6) is -1.30. The van der Waals surface area contributed by atoms with Crippen molar-refractivity contribution in [2.75, 3.05) is 30.3 Å². The van der Waals surface area contributed by atoms with Gasteiger partial charge in [0.25, 0.3) is 0 Å². The topological polar surface area (TPSA) is 92.9 Å². The molecular weight excluding hydrogens is 272 g/mol. The van der Waals surface area contributed by atoms with E-state index in [1.165, 1.54) is 0 Å². The van der Waals surface area contributed by atoms with Crippen LogP contribution in [0.3, 0.4) is 0 Å². The van der Waals surface area contributed by atoms with Crippen LogP contribution >= 0.6 is 0 Å². The molecule has 0 unspecified atom stereocenters.